The molecule has 1 fully saturated rings. The quantitative estimate of drug-likeness (QED) is 0.806. The summed E-state index contributed by atoms with van der Waals surface area (Å²) < 4.78 is 32.6. The van der Waals surface area contributed by atoms with Crippen molar-refractivity contribution < 1.29 is 12.8 Å². The first kappa shape index (κ1) is 14.9. The van der Waals surface area contributed by atoms with E-state index < -0.39 is 10.0 Å². The van der Waals surface area contributed by atoms with Crippen LogP contribution in [0.2, 0.25) is 0 Å². The van der Waals surface area contributed by atoms with Crippen molar-refractivity contribution in [3.63, 3.8) is 0 Å². The largest absolute Gasteiger partial charge is 0.465 e. The lowest BCUT2D eigenvalue weighted by Gasteiger charge is -2.20. The van der Waals surface area contributed by atoms with Crippen LogP contribution in [0.5, 0.6) is 0 Å². The maximum atomic E-state index is 12.8. The molecule has 0 unspecified atom stereocenters. The molecule has 0 bridgehead atoms. The van der Waals surface area contributed by atoms with Crippen LogP contribution in [0.15, 0.2) is 9.31 Å². The summed E-state index contributed by atoms with van der Waals surface area (Å²) in [4.78, 5) is 0.280. The highest BCUT2D eigenvalue weighted by molar-refractivity contribution is 7.89. The Hall–Kier alpha value is -0.520. The second-order valence-corrected chi connectivity index (χ2v) is 7.12. The topological polar surface area (TPSA) is 50.5 Å². The van der Waals surface area contributed by atoms with Gasteiger partial charge in [-0.3, -0.25) is 0 Å². The van der Waals surface area contributed by atoms with E-state index >= 15 is 0 Å². The second kappa shape index (κ2) is 5.85. The lowest BCUT2D eigenvalue weighted by Crippen LogP contribution is -2.32. The van der Waals surface area contributed by atoms with Gasteiger partial charge >= 0.3 is 0 Å². The van der Waals surface area contributed by atoms with Crippen molar-refractivity contribution in [1.82, 2.24) is 4.31 Å². The van der Waals surface area contributed by atoms with E-state index in [0.717, 1.165) is 25.7 Å². The van der Waals surface area contributed by atoms with Gasteiger partial charge in [0.15, 0.2) is 0 Å². The molecular weight excluding hydrogens is 286 g/mol. The molecular formula is C13H20ClNO3S. The maximum Gasteiger partial charge on any atom is 0.246 e. The highest BCUT2D eigenvalue weighted by Gasteiger charge is 2.32. The summed E-state index contributed by atoms with van der Waals surface area (Å²) >= 11 is 5.88. The van der Waals surface area contributed by atoms with Crippen molar-refractivity contribution in [2.45, 2.75) is 50.3 Å². The molecule has 1 aliphatic rings. The fraction of sp³-hybridized carbons (Fsp3) is 0.692. The Bertz CT molecular complexity index is 542. The number of halogens is 1. The van der Waals surface area contributed by atoms with Crippen molar-refractivity contribution in [3.8, 4) is 0 Å². The molecule has 1 aromatic heterocycles. The zero-order valence-corrected chi connectivity index (χ0v) is 13.0. The SMILES string of the molecule is Cc1oc(C)c(S(=O)(=O)N2CCCCCC2)c1CCl. The van der Waals surface area contributed by atoms with Crippen LogP contribution < -0.4 is 0 Å². The van der Waals surface area contributed by atoms with Crippen molar-refractivity contribution in [3.05, 3.63) is 17.1 Å². The highest BCUT2D eigenvalue weighted by atomic mass is 35.5. The highest BCUT2D eigenvalue weighted by Crippen LogP contribution is 2.31. The molecule has 0 N–H and O–H groups in total. The Kier molecular flexibility index (Phi) is 4.58. The minimum absolute atomic E-state index is 0.158. The third-order valence-electron chi connectivity index (χ3n) is 3.62. The Balaban J connectivity index is 2.43. The molecule has 1 saturated heterocycles. The number of hydrogen-bond acceptors (Lipinski definition) is 3. The fourth-order valence-corrected chi connectivity index (χ4v) is 4.94. The number of rotatable bonds is 3. The Morgan fingerprint density at radius 2 is 1.68 bits per heavy atom. The van der Waals surface area contributed by atoms with Crippen LogP contribution in [0.1, 0.15) is 42.8 Å². The van der Waals surface area contributed by atoms with E-state index in [-0.39, 0.29) is 10.8 Å². The predicted octanol–water partition coefficient (Wildman–Crippen LogP) is 3.20. The lowest BCUT2D eigenvalue weighted by atomic mass is 10.2. The van der Waals surface area contributed by atoms with E-state index in [1.165, 1.54) is 0 Å². The van der Waals surface area contributed by atoms with Crippen LogP contribution in [0.25, 0.3) is 0 Å². The third kappa shape index (κ3) is 2.83. The Morgan fingerprint density at radius 1 is 1.11 bits per heavy atom. The van der Waals surface area contributed by atoms with Gasteiger partial charge in [0.05, 0.1) is 5.88 Å². The van der Waals surface area contributed by atoms with E-state index in [1.54, 1.807) is 18.2 Å². The van der Waals surface area contributed by atoms with Crippen LogP contribution in [0, 0.1) is 13.8 Å². The van der Waals surface area contributed by atoms with Crippen molar-refractivity contribution in [2.24, 2.45) is 0 Å². The number of furan rings is 1. The van der Waals surface area contributed by atoms with E-state index in [1.807, 2.05) is 0 Å². The minimum atomic E-state index is -3.48. The fourth-order valence-electron chi connectivity index (χ4n) is 2.61. The molecule has 0 aliphatic carbocycles. The smallest absolute Gasteiger partial charge is 0.246 e. The van der Waals surface area contributed by atoms with Gasteiger partial charge in [-0.25, -0.2) is 8.42 Å². The average Bonchev–Trinajstić information content (AvgIpc) is 2.58. The van der Waals surface area contributed by atoms with Crippen LogP contribution in [0.3, 0.4) is 0 Å². The van der Waals surface area contributed by atoms with Gasteiger partial charge in [-0.2, -0.15) is 4.31 Å². The monoisotopic (exact) mass is 305 g/mol. The molecule has 2 rings (SSSR count). The molecule has 19 heavy (non-hydrogen) atoms. The molecule has 108 valence electrons. The van der Waals surface area contributed by atoms with Gasteiger partial charge in [0.2, 0.25) is 10.0 Å². The summed E-state index contributed by atoms with van der Waals surface area (Å²) in [6.07, 6.45) is 4.03. The summed E-state index contributed by atoms with van der Waals surface area (Å²) in [6.45, 7) is 4.63. The van der Waals surface area contributed by atoms with Crippen molar-refractivity contribution in [1.29, 1.82) is 0 Å². The molecule has 1 aliphatic heterocycles. The average molecular weight is 306 g/mol. The normalized spacial score (nSPS) is 18.5. The summed E-state index contributed by atoms with van der Waals surface area (Å²) in [7, 11) is -3.48. The first-order chi connectivity index (χ1) is 8.98. The van der Waals surface area contributed by atoms with Gasteiger partial charge in [-0.05, 0) is 26.7 Å². The van der Waals surface area contributed by atoms with Gasteiger partial charge in [0.25, 0.3) is 0 Å². The van der Waals surface area contributed by atoms with Crippen molar-refractivity contribution in [2.75, 3.05) is 13.1 Å². The standard InChI is InChI=1S/C13H20ClNO3S/c1-10-12(9-14)13(11(2)18-10)19(16,17)15-7-5-3-4-6-8-15/h3-9H2,1-2H3. The van der Waals surface area contributed by atoms with Gasteiger partial charge in [-0.1, -0.05) is 12.8 Å². The molecule has 0 aromatic carbocycles. The molecule has 4 nitrogen and oxygen atoms in total. The summed E-state index contributed by atoms with van der Waals surface area (Å²) in [5.41, 5.74) is 0.600. The van der Waals surface area contributed by atoms with Gasteiger partial charge < -0.3 is 4.42 Å². The molecule has 2 heterocycles. The van der Waals surface area contributed by atoms with Gasteiger partial charge in [-0.15, -0.1) is 11.6 Å². The molecule has 6 heteroatoms. The summed E-state index contributed by atoms with van der Waals surface area (Å²) in [5.74, 6) is 1.20. The zero-order chi connectivity index (χ0) is 14.0. The Labute approximate surface area is 119 Å². The number of alkyl halides is 1. The predicted molar refractivity (Wildman–Crippen MR) is 75.0 cm³/mol. The minimum Gasteiger partial charge on any atom is -0.465 e. The van der Waals surface area contributed by atoms with Crippen LogP contribution in [-0.4, -0.2) is 25.8 Å². The van der Waals surface area contributed by atoms with E-state index in [9.17, 15) is 8.42 Å². The lowest BCUT2D eigenvalue weighted by molar-refractivity contribution is 0.420. The number of nitrogens with zero attached hydrogens (tertiary/aromatic N) is 1. The van der Waals surface area contributed by atoms with Crippen molar-refractivity contribution >= 4 is 21.6 Å². The Morgan fingerprint density at radius 3 is 2.21 bits per heavy atom. The van der Waals surface area contributed by atoms with E-state index in [0.29, 0.717) is 30.2 Å². The van der Waals surface area contributed by atoms with E-state index in [4.69, 9.17) is 16.0 Å². The van der Waals surface area contributed by atoms with Gasteiger partial charge in [0, 0.05) is 18.7 Å². The first-order valence-electron chi connectivity index (χ1n) is 6.63. The molecule has 0 spiro atoms. The zero-order valence-electron chi connectivity index (χ0n) is 11.4. The number of hydrogen-bond donors (Lipinski definition) is 0. The molecule has 0 saturated carbocycles. The van der Waals surface area contributed by atoms with Crippen LogP contribution in [0.4, 0.5) is 0 Å². The van der Waals surface area contributed by atoms with Crippen LogP contribution in [-0.2, 0) is 15.9 Å². The number of sulfonamides is 1. The van der Waals surface area contributed by atoms with Crippen LogP contribution >= 0.6 is 11.6 Å². The second-order valence-electron chi connectivity index (χ2n) is 4.97. The van der Waals surface area contributed by atoms with Gasteiger partial charge in [0.1, 0.15) is 16.4 Å². The first-order valence-corrected chi connectivity index (χ1v) is 8.61. The molecule has 0 amide bonds. The molecule has 1 aromatic rings. The third-order valence-corrected chi connectivity index (χ3v) is 5.98. The van der Waals surface area contributed by atoms with E-state index in [2.05, 4.69) is 0 Å². The maximum absolute atomic E-state index is 12.8. The summed E-state index contributed by atoms with van der Waals surface area (Å²) in [5, 5.41) is 0. The molecule has 0 radical (unpaired) electrons. The summed E-state index contributed by atoms with van der Waals surface area (Å²) in [6, 6.07) is 0. The number of aryl methyl sites for hydroxylation is 2. The molecule has 0 atom stereocenters.